The Morgan fingerprint density at radius 2 is 0.661 bits per heavy atom. The summed E-state index contributed by atoms with van der Waals surface area (Å²) in [5.41, 5.74) is 12.1. The van der Waals surface area contributed by atoms with E-state index in [-0.39, 0.29) is 0 Å². The number of aromatic nitrogens is 2. The fraction of sp³-hybridized carbons (Fsp3) is 0. The second-order valence-electron chi connectivity index (χ2n) is 14.8. The first-order valence-electron chi connectivity index (χ1n) is 19.4. The number of benzene rings is 10. The van der Waals surface area contributed by atoms with E-state index in [0.717, 1.165) is 11.4 Å². The number of nitrogens with zero attached hydrogens (tertiary/aromatic N) is 2. The Kier molecular flexibility index (Phi) is 6.66. The molecule has 0 radical (unpaired) electrons. The van der Waals surface area contributed by atoms with Crippen molar-refractivity contribution in [1.82, 2.24) is 9.13 Å². The third-order valence-corrected chi connectivity index (χ3v) is 11.9. The molecule has 0 amide bonds. The smallest absolute Gasteiger partial charge is 0.0541 e. The molecule has 0 atom stereocenters. The lowest BCUT2D eigenvalue weighted by atomic mass is 9.84. The van der Waals surface area contributed by atoms with Crippen LogP contribution in [-0.4, -0.2) is 9.13 Å². The van der Waals surface area contributed by atoms with Gasteiger partial charge in [0.15, 0.2) is 0 Å². The van der Waals surface area contributed by atoms with E-state index in [2.05, 4.69) is 215 Å². The van der Waals surface area contributed by atoms with Gasteiger partial charge in [-0.05, 0) is 103 Å². The van der Waals surface area contributed by atoms with Crippen LogP contribution in [0.5, 0.6) is 0 Å². The Hall–Kier alpha value is -7.42. The average Bonchev–Trinajstić information content (AvgIpc) is 3.78. The Morgan fingerprint density at radius 3 is 1.20 bits per heavy atom. The van der Waals surface area contributed by atoms with E-state index in [1.165, 1.54) is 98.2 Å². The summed E-state index contributed by atoms with van der Waals surface area (Å²) < 4.78 is 4.88. The molecule has 0 N–H and O–H groups in total. The summed E-state index contributed by atoms with van der Waals surface area (Å²) in [4.78, 5) is 0. The summed E-state index contributed by atoms with van der Waals surface area (Å²) in [6, 6.07) is 75.9. The first kappa shape index (κ1) is 31.0. The van der Waals surface area contributed by atoms with Crippen LogP contribution >= 0.6 is 0 Å². The molecule has 2 aromatic heterocycles. The van der Waals surface area contributed by atoms with E-state index in [0.29, 0.717) is 0 Å². The molecule has 56 heavy (non-hydrogen) atoms. The largest absolute Gasteiger partial charge is 0.309 e. The molecule has 0 aliphatic rings. The zero-order valence-electron chi connectivity index (χ0n) is 30.5. The van der Waals surface area contributed by atoms with Crippen LogP contribution in [0.3, 0.4) is 0 Å². The molecule has 260 valence electrons. The lowest BCUT2D eigenvalue weighted by Gasteiger charge is -2.21. The van der Waals surface area contributed by atoms with Crippen LogP contribution in [0.2, 0.25) is 0 Å². The monoisotopic (exact) mass is 710 g/mol. The van der Waals surface area contributed by atoms with Crippen LogP contribution in [0.25, 0.3) is 110 Å². The van der Waals surface area contributed by atoms with Crippen LogP contribution in [0, 0.1) is 0 Å². The summed E-state index contributed by atoms with van der Waals surface area (Å²) >= 11 is 0. The fourth-order valence-electron chi connectivity index (χ4n) is 9.53. The third kappa shape index (κ3) is 4.44. The summed E-state index contributed by atoms with van der Waals surface area (Å²) in [6.07, 6.45) is 0. The zero-order valence-corrected chi connectivity index (χ0v) is 30.5. The van der Waals surface area contributed by atoms with Crippen LogP contribution in [0.4, 0.5) is 0 Å². The highest BCUT2D eigenvalue weighted by Gasteiger charge is 2.22. The van der Waals surface area contributed by atoms with Gasteiger partial charge in [0.25, 0.3) is 0 Å². The van der Waals surface area contributed by atoms with E-state index in [4.69, 9.17) is 0 Å². The Labute approximate surface area is 323 Å². The lowest BCUT2D eigenvalue weighted by molar-refractivity contribution is 1.18. The highest BCUT2D eigenvalue weighted by atomic mass is 15.0. The molecule has 0 saturated heterocycles. The lowest BCUT2D eigenvalue weighted by Crippen LogP contribution is -1.98. The van der Waals surface area contributed by atoms with Crippen molar-refractivity contribution >= 4 is 75.9 Å². The van der Waals surface area contributed by atoms with Gasteiger partial charge in [-0.2, -0.15) is 0 Å². The Bertz CT molecular complexity index is 3420. The zero-order chi connectivity index (χ0) is 36.7. The molecule has 0 aliphatic carbocycles. The molecule has 12 rings (SSSR count). The Morgan fingerprint density at radius 1 is 0.250 bits per heavy atom. The van der Waals surface area contributed by atoms with Crippen molar-refractivity contribution in [2.24, 2.45) is 0 Å². The molecule has 0 fully saturated rings. The highest BCUT2D eigenvalue weighted by Crippen LogP contribution is 2.47. The van der Waals surface area contributed by atoms with Crippen molar-refractivity contribution in [3.63, 3.8) is 0 Å². The van der Waals surface area contributed by atoms with E-state index < -0.39 is 0 Å². The average molecular weight is 711 g/mol. The van der Waals surface area contributed by atoms with E-state index in [1.54, 1.807) is 0 Å². The van der Waals surface area contributed by atoms with E-state index in [9.17, 15) is 0 Å². The molecule has 2 heterocycles. The molecular weight excluding hydrogens is 677 g/mol. The summed E-state index contributed by atoms with van der Waals surface area (Å²) in [5.74, 6) is 0. The topological polar surface area (TPSA) is 9.86 Å². The van der Waals surface area contributed by atoms with Gasteiger partial charge in [-0.25, -0.2) is 0 Å². The summed E-state index contributed by atoms with van der Waals surface area (Å²) in [6.45, 7) is 0. The predicted molar refractivity (Wildman–Crippen MR) is 239 cm³/mol. The van der Waals surface area contributed by atoms with Gasteiger partial charge >= 0.3 is 0 Å². The minimum Gasteiger partial charge on any atom is -0.309 e. The molecule has 0 spiro atoms. The number of para-hydroxylation sites is 4. The third-order valence-electron chi connectivity index (χ3n) is 11.9. The maximum absolute atomic E-state index is 2.44. The normalized spacial score (nSPS) is 11.9. The van der Waals surface area contributed by atoms with Gasteiger partial charge in [0, 0.05) is 32.9 Å². The van der Waals surface area contributed by atoms with Gasteiger partial charge < -0.3 is 9.13 Å². The number of rotatable bonds is 4. The van der Waals surface area contributed by atoms with Gasteiger partial charge in [-0.1, -0.05) is 158 Å². The van der Waals surface area contributed by atoms with E-state index >= 15 is 0 Å². The van der Waals surface area contributed by atoms with Crippen LogP contribution in [-0.2, 0) is 0 Å². The minimum absolute atomic E-state index is 1.15. The fourth-order valence-corrected chi connectivity index (χ4v) is 9.53. The van der Waals surface area contributed by atoms with Crippen LogP contribution < -0.4 is 0 Å². The molecule has 0 unspecified atom stereocenters. The summed E-state index contributed by atoms with van der Waals surface area (Å²) in [7, 11) is 0. The minimum atomic E-state index is 1.15. The number of hydrogen-bond acceptors (Lipinski definition) is 0. The summed E-state index contributed by atoms with van der Waals surface area (Å²) in [5, 5.41) is 12.5. The molecular formula is C54H34N2. The van der Waals surface area contributed by atoms with E-state index in [1.807, 2.05) is 0 Å². The molecule has 2 heteroatoms. The number of hydrogen-bond donors (Lipinski definition) is 0. The molecule has 2 nitrogen and oxygen atoms in total. The van der Waals surface area contributed by atoms with Crippen LogP contribution in [0.1, 0.15) is 0 Å². The molecule has 0 aliphatic heterocycles. The second kappa shape index (κ2) is 12.0. The molecule has 10 aromatic carbocycles. The first-order valence-corrected chi connectivity index (χ1v) is 19.4. The van der Waals surface area contributed by atoms with Gasteiger partial charge in [0.05, 0.1) is 22.1 Å². The van der Waals surface area contributed by atoms with Crippen molar-refractivity contribution in [3.8, 4) is 33.6 Å². The van der Waals surface area contributed by atoms with Crippen LogP contribution in [0.15, 0.2) is 206 Å². The van der Waals surface area contributed by atoms with Gasteiger partial charge in [0.1, 0.15) is 0 Å². The van der Waals surface area contributed by atoms with Gasteiger partial charge in [-0.3, -0.25) is 0 Å². The SMILES string of the molecule is c1ccc(-c2c3cc(-n4c5ccccc5c5ccccc54)ccc3c(-c3cccc4ccccc34)c3cc(-n4c5ccccc5c5ccccc54)ccc23)cc1. The quantitative estimate of drug-likeness (QED) is 0.161. The standard InChI is InChI=1S/C54H34N2/c1-2-16-36(17-3-1)53-45-31-29-38(56-51-27-12-8-22-42(51)43-23-9-13-28-52(43)56)34-48(45)54(44-24-14-18-35-15-4-5-19-39(35)44)46-32-30-37(33-47(46)53)55-49-25-10-6-20-40(49)41-21-7-11-26-50(41)55/h1-34H. The molecule has 0 bridgehead atoms. The van der Waals surface area contributed by atoms with Crippen molar-refractivity contribution in [2.75, 3.05) is 0 Å². The predicted octanol–water partition coefficient (Wildman–Crippen LogP) is 14.7. The number of fused-ring (bicyclic) bond motifs is 9. The van der Waals surface area contributed by atoms with Gasteiger partial charge in [0.2, 0.25) is 0 Å². The maximum atomic E-state index is 2.44. The maximum Gasteiger partial charge on any atom is 0.0541 e. The first-order chi connectivity index (χ1) is 27.8. The molecule has 0 saturated carbocycles. The molecule has 12 aromatic rings. The van der Waals surface area contributed by atoms with Crippen molar-refractivity contribution in [1.29, 1.82) is 0 Å². The Balaban J connectivity index is 1.25. The second-order valence-corrected chi connectivity index (χ2v) is 14.8. The highest BCUT2D eigenvalue weighted by molar-refractivity contribution is 6.24. The van der Waals surface area contributed by atoms with Gasteiger partial charge in [-0.15, -0.1) is 0 Å². The van der Waals surface area contributed by atoms with Crippen molar-refractivity contribution in [2.45, 2.75) is 0 Å². The van der Waals surface area contributed by atoms with Crippen molar-refractivity contribution in [3.05, 3.63) is 206 Å². The van der Waals surface area contributed by atoms with Crippen molar-refractivity contribution < 1.29 is 0 Å².